The van der Waals surface area contributed by atoms with Crippen molar-refractivity contribution in [3.8, 4) is 0 Å². The fraction of sp³-hybridized carbons (Fsp3) is 0.200. The van der Waals surface area contributed by atoms with Crippen molar-refractivity contribution in [3.63, 3.8) is 0 Å². The lowest BCUT2D eigenvalue weighted by molar-refractivity contribution is 1.14. The van der Waals surface area contributed by atoms with Crippen LogP contribution in [-0.2, 0) is 0 Å². The number of azo groups is 1. The number of hydrogen-bond donors (Lipinski definition) is 2. The van der Waals surface area contributed by atoms with Crippen molar-refractivity contribution in [3.05, 3.63) is 10.7 Å². The van der Waals surface area contributed by atoms with E-state index in [1.807, 2.05) is 0 Å². The third-order valence-corrected chi connectivity index (χ3v) is 2.22. The first-order valence-electron chi connectivity index (χ1n) is 3.20. The molecule has 0 aliphatic carbocycles. The van der Waals surface area contributed by atoms with Gasteiger partial charge in [0.15, 0.2) is 17.6 Å². The second-order valence-electron chi connectivity index (χ2n) is 2.14. The van der Waals surface area contributed by atoms with Gasteiger partial charge in [0.25, 0.3) is 0 Å². The maximum atomic E-state index is 5.20. The summed E-state index contributed by atoms with van der Waals surface area (Å²) in [6.07, 6.45) is 0. The smallest absolute Gasteiger partial charge is 0.195 e. The summed E-state index contributed by atoms with van der Waals surface area (Å²) in [6, 6.07) is 0. The van der Waals surface area contributed by atoms with Crippen LogP contribution in [-0.4, -0.2) is 17.7 Å². The van der Waals surface area contributed by atoms with Crippen LogP contribution in [0.3, 0.4) is 0 Å². The van der Waals surface area contributed by atoms with Crippen LogP contribution in [0.25, 0.3) is 0 Å². The van der Waals surface area contributed by atoms with Crippen LogP contribution in [0, 0.1) is 0 Å². The molecule has 0 radical (unpaired) electrons. The molecule has 2 aliphatic heterocycles. The van der Waals surface area contributed by atoms with Gasteiger partial charge in [0.05, 0.1) is 5.88 Å². The molecule has 0 atom stereocenters. The van der Waals surface area contributed by atoms with Crippen LogP contribution in [0.15, 0.2) is 30.9 Å². The Morgan fingerprint density at radius 2 is 2.25 bits per heavy atom. The second kappa shape index (κ2) is 2.59. The Balaban J connectivity index is 2.38. The molecule has 0 fully saturated rings. The second-order valence-corrected chi connectivity index (χ2v) is 3.10. The summed E-state index contributed by atoms with van der Waals surface area (Å²) < 4.78 is 0. The molecule has 0 unspecified atom stereocenters. The third kappa shape index (κ3) is 1.07. The molecule has 0 bridgehead atoms. The summed E-state index contributed by atoms with van der Waals surface area (Å²) in [6.45, 7) is 0. The topological polar surface area (TPSA) is 101 Å². The molecular weight excluding hydrogens is 176 g/mol. The predicted octanol–water partition coefficient (Wildman–Crippen LogP) is -0.00250. The van der Waals surface area contributed by atoms with E-state index < -0.39 is 0 Å². The van der Waals surface area contributed by atoms with E-state index >= 15 is 0 Å². The number of thioether (sulfide) groups is 1. The minimum absolute atomic E-state index is 0.00907. The SMILES string of the molecule is NC(N)=NC1=C2SCN=C2N=N1. The predicted molar refractivity (Wildman–Crippen MR) is 47.6 cm³/mol. The Kier molecular flexibility index (Phi) is 1.58. The quantitative estimate of drug-likeness (QED) is 0.440. The molecule has 0 saturated carbocycles. The minimum atomic E-state index is -0.00907. The van der Waals surface area contributed by atoms with Crippen molar-refractivity contribution in [1.82, 2.24) is 0 Å². The standard InChI is InChI=1S/C5H6N6S/c6-5(7)9-4-2-3(10-11-4)8-1-12-2/h1H2,(H4,6,7,9). The molecule has 12 heavy (non-hydrogen) atoms. The summed E-state index contributed by atoms with van der Waals surface area (Å²) in [7, 11) is 0. The fourth-order valence-electron chi connectivity index (χ4n) is 0.871. The molecule has 0 amide bonds. The van der Waals surface area contributed by atoms with Gasteiger partial charge in [-0.15, -0.1) is 10.2 Å². The average Bonchev–Trinajstić information content (AvgIpc) is 2.52. The van der Waals surface area contributed by atoms with Gasteiger partial charge in [-0.05, 0) is 0 Å². The summed E-state index contributed by atoms with van der Waals surface area (Å²) in [5.74, 6) is 1.77. The molecule has 0 aromatic carbocycles. The highest BCUT2D eigenvalue weighted by Gasteiger charge is 2.23. The lowest BCUT2D eigenvalue weighted by atomic mass is 10.5. The van der Waals surface area contributed by atoms with Gasteiger partial charge in [-0.3, -0.25) is 4.99 Å². The van der Waals surface area contributed by atoms with Gasteiger partial charge in [0.2, 0.25) is 0 Å². The molecule has 62 valence electrons. The molecule has 4 N–H and O–H groups in total. The van der Waals surface area contributed by atoms with E-state index in [0.29, 0.717) is 17.5 Å². The lowest BCUT2D eigenvalue weighted by Crippen LogP contribution is -2.22. The van der Waals surface area contributed by atoms with E-state index in [0.717, 1.165) is 4.91 Å². The molecule has 0 aromatic heterocycles. The molecule has 2 aliphatic rings. The summed E-state index contributed by atoms with van der Waals surface area (Å²) in [5, 5.41) is 7.56. The van der Waals surface area contributed by atoms with Gasteiger partial charge in [-0.1, -0.05) is 11.8 Å². The first-order valence-corrected chi connectivity index (χ1v) is 4.19. The van der Waals surface area contributed by atoms with Crippen molar-refractivity contribution < 1.29 is 0 Å². The summed E-state index contributed by atoms with van der Waals surface area (Å²) >= 11 is 1.53. The highest BCUT2D eigenvalue weighted by molar-refractivity contribution is 8.04. The van der Waals surface area contributed by atoms with E-state index in [1.54, 1.807) is 0 Å². The normalized spacial score (nSPS) is 19.5. The summed E-state index contributed by atoms with van der Waals surface area (Å²) in [4.78, 5) is 8.74. The van der Waals surface area contributed by atoms with Gasteiger partial charge >= 0.3 is 0 Å². The zero-order chi connectivity index (χ0) is 8.55. The third-order valence-electron chi connectivity index (χ3n) is 1.30. The molecule has 7 heteroatoms. The van der Waals surface area contributed by atoms with Crippen LogP contribution in [0.2, 0.25) is 0 Å². The molecule has 0 spiro atoms. The Labute approximate surface area is 72.5 Å². The average molecular weight is 182 g/mol. The van der Waals surface area contributed by atoms with Crippen LogP contribution in [0.4, 0.5) is 0 Å². The Bertz CT molecular complexity index is 334. The zero-order valence-corrected chi connectivity index (χ0v) is 6.88. The van der Waals surface area contributed by atoms with E-state index in [2.05, 4.69) is 20.2 Å². The number of nitrogens with zero attached hydrogens (tertiary/aromatic N) is 4. The highest BCUT2D eigenvalue weighted by atomic mass is 32.2. The van der Waals surface area contributed by atoms with Crippen LogP contribution < -0.4 is 11.5 Å². The van der Waals surface area contributed by atoms with Gasteiger partial charge < -0.3 is 11.5 Å². The Hall–Kier alpha value is -1.37. The van der Waals surface area contributed by atoms with Crippen molar-refractivity contribution in [2.75, 3.05) is 5.88 Å². The molecule has 0 aromatic rings. The monoisotopic (exact) mass is 182 g/mol. The van der Waals surface area contributed by atoms with Crippen molar-refractivity contribution in [2.45, 2.75) is 0 Å². The number of rotatable bonds is 1. The number of fused-ring (bicyclic) bond motifs is 1. The van der Waals surface area contributed by atoms with Gasteiger partial charge in [0.1, 0.15) is 4.91 Å². The number of amidine groups is 1. The number of aliphatic imine (C=N–C) groups is 2. The van der Waals surface area contributed by atoms with Gasteiger partial charge in [0, 0.05) is 0 Å². The van der Waals surface area contributed by atoms with Crippen molar-refractivity contribution >= 4 is 23.6 Å². The van der Waals surface area contributed by atoms with Crippen LogP contribution in [0.5, 0.6) is 0 Å². The van der Waals surface area contributed by atoms with Crippen LogP contribution in [0.1, 0.15) is 0 Å². The first kappa shape index (κ1) is 7.29. The maximum Gasteiger partial charge on any atom is 0.195 e. The number of nitrogens with two attached hydrogens (primary N) is 2. The molecule has 6 nitrogen and oxygen atoms in total. The van der Waals surface area contributed by atoms with Gasteiger partial charge in [-0.2, -0.15) is 4.99 Å². The molecule has 2 heterocycles. The number of guanidine groups is 1. The molecule has 2 rings (SSSR count). The van der Waals surface area contributed by atoms with E-state index in [9.17, 15) is 0 Å². The number of hydrogen-bond acceptors (Lipinski definition) is 5. The van der Waals surface area contributed by atoms with E-state index in [-0.39, 0.29) is 5.96 Å². The Morgan fingerprint density at radius 3 is 3.00 bits per heavy atom. The molecule has 0 saturated heterocycles. The van der Waals surface area contributed by atoms with E-state index in [1.165, 1.54) is 11.8 Å². The van der Waals surface area contributed by atoms with E-state index in [4.69, 9.17) is 11.5 Å². The fourth-order valence-corrected chi connectivity index (χ4v) is 1.64. The summed E-state index contributed by atoms with van der Waals surface area (Å²) in [5.41, 5.74) is 10.4. The minimum Gasteiger partial charge on any atom is -0.370 e. The lowest BCUT2D eigenvalue weighted by Gasteiger charge is -1.91. The molecular formula is C5H6N6S. The first-order chi connectivity index (χ1) is 5.77. The largest absolute Gasteiger partial charge is 0.370 e. The zero-order valence-electron chi connectivity index (χ0n) is 6.06. The maximum absolute atomic E-state index is 5.20. The van der Waals surface area contributed by atoms with Crippen molar-refractivity contribution in [2.24, 2.45) is 31.7 Å². The van der Waals surface area contributed by atoms with Crippen molar-refractivity contribution in [1.29, 1.82) is 0 Å². The van der Waals surface area contributed by atoms with Crippen LogP contribution >= 0.6 is 11.8 Å². The highest BCUT2D eigenvalue weighted by Crippen LogP contribution is 2.33. The van der Waals surface area contributed by atoms with Gasteiger partial charge in [-0.25, -0.2) is 0 Å². The Morgan fingerprint density at radius 1 is 1.42 bits per heavy atom.